The number of carbonyl (C=O) groups excluding carboxylic acids is 1. The Balaban J connectivity index is 1.79. The van der Waals surface area contributed by atoms with Gasteiger partial charge in [0.1, 0.15) is 5.75 Å². The van der Waals surface area contributed by atoms with Gasteiger partial charge in [-0.15, -0.1) is 24.5 Å². The molecule has 0 unspecified atom stereocenters. The van der Waals surface area contributed by atoms with Gasteiger partial charge < -0.3 is 4.74 Å². The van der Waals surface area contributed by atoms with Crippen molar-refractivity contribution < 1.29 is 44.3 Å². The maximum absolute atomic E-state index is 13.2. The highest BCUT2D eigenvalue weighted by atomic mass is 32.2. The number of thiophene rings is 1. The molecule has 33 heavy (non-hydrogen) atoms. The van der Waals surface area contributed by atoms with Gasteiger partial charge in [-0.05, 0) is 41.8 Å². The van der Waals surface area contributed by atoms with Crippen LogP contribution in [0.4, 0.5) is 37.1 Å². The summed E-state index contributed by atoms with van der Waals surface area (Å²) in [6, 6.07) is 5.06. The Kier molecular flexibility index (Phi) is 6.51. The number of benzene rings is 1. The molecule has 2 amide bonds. The first-order valence-electron chi connectivity index (χ1n) is 8.43. The van der Waals surface area contributed by atoms with Gasteiger partial charge in [0.15, 0.2) is 5.69 Å². The molecule has 1 aromatic carbocycles. The molecule has 8 nitrogen and oxygen atoms in total. The molecule has 176 valence electrons. The summed E-state index contributed by atoms with van der Waals surface area (Å²) in [6.07, 6.45) is -9.88. The number of rotatable bonds is 5. The Hall–Kier alpha value is -3.40. The van der Waals surface area contributed by atoms with Crippen molar-refractivity contribution in [1.82, 2.24) is 14.7 Å². The molecule has 0 aliphatic heterocycles. The SMILES string of the molecule is O=C(Nc1nc(-c2cccs2)cc(C(F)(F)F)n1)NS(=O)(=O)c1ccc(OC(F)(F)F)cc1. The number of amides is 2. The number of nitrogens with zero attached hydrogens (tertiary/aromatic N) is 2. The van der Waals surface area contributed by atoms with Crippen molar-refractivity contribution >= 4 is 33.3 Å². The molecule has 0 radical (unpaired) electrons. The van der Waals surface area contributed by atoms with Crippen LogP contribution in [0.15, 0.2) is 52.7 Å². The maximum Gasteiger partial charge on any atom is 0.573 e. The molecule has 0 saturated carbocycles. The van der Waals surface area contributed by atoms with E-state index in [0.717, 1.165) is 23.5 Å². The van der Waals surface area contributed by atoms with Gasteiger partial charge in [-0.2, -0.15) is 13.2 Å². The van der Waals surface area contributed by atoms with Crippen LogP contribution >= 0.6 is 11.3 Å². The van der Waals surface area contributed by atoms with Crippen LogP contribution < -0.4 is 14.8 Å². The van der Waals surface area contributed by atoms with E-state index in [4.69, 9.17) is 0 Å². The lowest BCUT2D eigenvalue weighted by Crippen LogP contribution is -2.35. The average Bonchev–Trinajstić information content (AvgIpc) is 3.20. The molecule has 16 heteroatoms. The minimum Gasteiger partial charge on any atom is -0.406 e. The number of nitrogens with one attached hydrogen (secondary N) is 2. The van der Waals surface area contributed by atoms with Crippen LogP contribution in [0.1, 0.15) is 5.69 Å². The maximum atomic E-state index is 13.2. The standard InChI is InChI=1S/C17H10F6N4O4S2/c18-16(19,20)13-8-11(12-2-1-7-32-12)24-14(25-13)26-15(28)27-33(29,30)10-5-3-9(4-6-10)31-17(21,22)23/h1-8H,(H2,24,25,26,27,28). The molecule has 0 spiro atoms. The number of aromatic nitrogens is 2. The van der Waals surface area contributed by atoms with E-state index < -0.39 is 50.9 Å². The molecule has 3 aromatic rings. The first kappa shape index (κ1) is 24.2. The van der Waals surface area contributed by atoms with Crippen LogP contribution in [0.3, 0.4) is 0 Å². The Bertz CT molecular complexity index is 1240. The van der Waals surface area contributed by atoms with Gasteiger partial charge >= 0.3 is 18.6 Å². The molecular formula is C17H10F6N4O4S2. The van der Waals surface area contributed by atoms with Crippen LogP contribution in [-0.4, -0.2) is 30.8 Å². The molecule has 0 saturated heterocycles. The van der Waals surface area contributed by atoms with Crippen LogP contribution in [0.2, 0.25) is 0 Å². The van der Waals surface area contributed by atoms with Gasteiger partial charge in [-0.1, -0.05) is 6.07 Å². The summed E-state index contributed by atoms with van der Waals surface area (Å²) >= 11 is 1.07. The Morgan fingerprint density at radius 2 is 1.67 bits per heavy atom. The molecule has 0 bridgehead atoms. The first-order valence-corrected chi connectivity index (χ1v) is 10.8. The monoisotopic (exact) mass is 512 g/mol. The molecule has 0 fully saturated rings. The van der Waals surface area contributed by atoms with E-state index in [9.17, 15) is 39.6 Å². The summed E-state index contributed by atoms with van der Waals surface area (Å²) < 4.78 is 106. The average molecular weight is 512 g/mol. The van der Waals surface area contributed by atoms with E-state index in [-0.39, 0.29) is 5.69 Å². The van der Waals surface area contributed by atoms with Gasteiger partial charge in [0.25, 0.3) is 10.0 Å². The smallest absolute Gasteiger partial charge is 0.406 e. The van der Waals surface area contributed by atoms with Gasteiger partial charge in [-0.3, -0.25) is 5.32 Å². The third-order valence-corrected chi connectivity index (χ3v) is 5.85. The summed E-state index contributed by atoms with van der Waals surface area (Å²) in [7, 11) is -4.61. The summed E-state index contributed by atoms with van der Waals surface area (Å²) in [5.41, 5.74) is -1.54. The van der Waals surface area contributed by atoms with Crippen molar-refractivity contribution in [2.24, 2.45) is 0 Å². The Labute approximate surface area is 185 Å². The van der Waals surface area contributed by atoms with Crippen LogP contribution in [-0.2, 0) is 16.2 Å². The lowest BCUT2D eigenvalue weighted by atomic mass is 10.3. The van der Waals surface area contributed by atoms with Crippen LogP contribution in [0.25, 0.3) is 10.6 Å². The fraction of sp³-hybridized carbons (Fsp3) is 0.118. The third kappa shape index (κ3) is 6.55. The van der Waals surface area contributed by atoms with Crippen molar-refractivity contribution in [3.8, 4) is 16.3 Å². The topological polar surface area (TPSA) is 110 Å². The predicted molar refractivity (Wildman–Crippen MR) is 103 cm³/mol. The fourth-order valence-electron chi connectivity index (χ4n) is 2.33. The third-order valence-electron chi connectivity index (χ3n) is 3.61. The van der Waals surface area contributed by atoms with E-state index in [1.54, 1.807) is 16.8 Å². The molecule has 2 heterocycles. The number of alkyl halides is 6. The molecular weight excluding hydrogens is 502 g/mol. The lowest BCUT2D eigenvalue weighted by Gasteiger charge is -2.12. The largest absolute Gasteiger partial charge is 0.573 e. The molecule has 2 N–H and O–H groups in total. The molecule has 0 aliphatic rings. The van der Waals surface area contributed by atoms with Crippen molar-refractivity contribution in [1.29, 1.82) is 0 Å². The highest BCUT2D eigenvalue weighted by molar-refractivity contribution is 7.90. The quantitative estimate of drug-likeness (QED) is 0.483. The summed E-state index contributed by atoms with van der Waals surface area (Å²) in [5, 5.41) is 3.39. The number of anilines is 1. The molecule has 0 atom stereocenters. The van der Waals surface area contributed by atoms with Gasteiger partial charge in [0, 0.05) is 0 Å². The van der Waals surface area contributed by atoms with E-state index in [1.165, 1.54) is 10.8 Å². The van der Waals surface area contributed by atoms with E-state index in [1.807, 2.05) is 0 Å². The second kappa shape index (κ2) is 8.86. The zero-order valence-corrected chi connectivity index (χ0v) is 17.4. The van der Waals surface area contributed by atoms with Gasteiger partial charge in [-0.25, -0.2) is 27.9 Å². The number of urea groups is 1. The molecule has 3 rings (SSSR count). The highest BCUT2D eigenvalue weighted by Gasteiger charge is 2.34. The zero-order chi connectivity index (χ0) is 24.4. The minimum atomic E-state index is -4.99. The van der Waals surface area contributed by atoms with Crippen molar-refractivity contribution in [3.63, 3.8) is 0 Å². The number of halogens is 6. The highest BCUT2D eigenvalue weighted by Crippen LogP contribution is 2.32. The normalized spacial score (nSPS) is 12.3. The Morgan fingerprint density at radius 1 is 1.00 bits per heavy atom. The summed E-state index contributed by atoms with van der Waals surface area (Å²) in [5.74, 6) is -1.53. The van der Waals surface area contributed by atoms with E-state index in [2.05, 4.69) is 14.7 Å². The number of carbonyl (C=O) groups is 1. The first-order chi connectivity index (χ1) is 15.2. The number of hydrogen-bond donors (Lipinski definition) is 2. The lowest BCUT2D eigenvalue weighted by molar-refractivity contribution is -0.274. The van der Waals surface area contributed by atoms with Gasteiger partial charge in [0.2, 0.25) is 5.95 Å². The minimum absolute atomic E-state index is 0.161. The molecule has 0 aliphatic carbocycles. The van der Waals surface area contributed by atoms with Crippen molar-refractivity contribution in [2.45, 2.75) is 17.4 Å². The van der Waals surface area contributed by atoms with Gasteiger partial charge in [0.05, 0.1) is 15.5 Å². The zero-order valence-electron chi connectivity index (χ0n) is 15.7. The summed E-state index contributed by atoms with van der Waals surface area (Å²) in [4.78, 5) is 18.8. The van der Waals surface area contributed by atoms with Crippen LogP contribution in [0.5, 0.6) is 5.75 Å². The molecule has 2 aromatic heterocycles. The fourth-order valence-corrected chi connectivity index (χ4v) is 3.92. The predicted octanol–water partition coefficient (Wildman–Crippen LogP) is 4.63. The Morgan fingerprint density at radius 3 is 2.21 bits per heavy atom. The van der Waals surface area contributed by atoms with Crippen LogP contribution in [0, 0.1) is 0 Å². The van der Waals surface area contributed by atoms with Crippen molar-refractivity contribution in [2.75, 3.05) is 5.32 Å². The van der Waals surface area contributed by atoms with E-state index in [0.29, 0.717) is 23.1 Å². The summed E-state index contributed by atoms with van der Waals surface area (Å²) in [6.45, 7) is 0. The second-order valence-electron chi connectivity index (χ2n) is 6.02. The van der Waals surface area contributed by atoms with E-state index >= 15 is 0 Å². The van der Waals surface area contributed by atoms with Crippen molar-refractivity contribution in [3.05, 3.63) is 53.5 Å². The number of ether oxygens (including phenoxy) is 1. The number of sulfonamides is 1. The second-order valence-corrected chi connectivity index (χ2v) is 8.65. The number of hydrogen-bond acceptors (Lipinski definition) is 7.